The van der Waals surface area contributed by atoms with Crippen molar-refractivity contribution >= 4 is 21.7 Å². The van der Waals surface area contributed by atoms with Crippen molar-refractivity contribution in [3.8, 4) is 0 Å². The van der Waals surface area contributed by atoms with Gasteiger partial charge in [0.15, 0.2) is 0 Å². The first-order chi connectivity index (χ1) is 11.4. The number of benzene rings is 1. The molecule has 1 aromatic carbocycles. The average Bonchev–Trinajstić information content (AvgIpc) is 3.38. The minimum atomic E-state index is -3.60. The van der Waals surface area contributed by atoms with Crippen molar-refractivity contribution in [3.63, 3.8) is 0 Å². The van der Waals surface area contributed by atoms with Crippen LogP contribution in [0.3, 0.4) is 0 Å². The summed E-state index contributed by atoms with van der Waals surface area (Å²) in [5, 5.41) is 2.67. The van der Waals surface area contributed by atoms with Crippen LogP contribution in [0.1, 0.15) is 28.9 Å². The molecule has 1 amide bonds. The Balaban J connectivity index is 1.75. The molecule has 126 valence electrons. The number of pyridine rings is 1. The van der Waals surface area contributed by atoms with E-state index in [4.69, 9.17) is 0 Å². The number of aromatic nitrogens is 1. The molecule has 24 heavy (non-hydrogen) atoms. The summed E-state index contributed by atoms with van der Waals surface area (Å²) in [4.78, 5) is 16.6. The Morgan fingerprint density at radius 2 is 1.96 bits per heavy atom. The van der Waals surface area contributed by atoms with Gasteiger partial charge in [0.25, 0.3) is 5.91 Å². The van der Waals surface area contributed by atoms with Crippen LogP contribution in [0.2, 0.25) is 0 Å². The second kappa shape index (κ2) is 6.70. The molecule has 0 radical (unpaired) electrons. The van der Waals surface area contributed by atoms with Crippen molar-refractivity contribution in [2.75, 3.05) is 11.9 Å². The molecule has 3 rings (SSSR count). The second-order valence-corrected chi connectivity index (χ2v) is 7.71. The summed E-state index contributed by atoms with van der Waals surface area (Å²) >= 11 is 0. The molecule has 1 fully saturated rings. The van der Waals surface area contributed by atoms with Gasteiger partial charge in [0.1, 0.15) is 5.82 Å². The largest absolute Gasteiger partial charge is 0.307 e. The molecular weight excluding hydrogens is 326 g/mol. The van der Waals surface area contributed by atoms with E-state index in [-0.39, 0.29) is 10.5 Å². The number of aryl methyl sites for hydroxylation is 1. The monoisotopic (exact) mass is 345 g/mol. The third-order valence-corrected chi connectivity index (χ3v) is 5.22. The van der Waals surface area contributed by atoms with Gasteiger partial charge in [-0.25, -0.2) is 18.1 Å². The van der Waals surface area contributed by atoms with Crippen molar-refractivity contribution in [1.29, 1.82) is 0 Å². The number of nitrogens with zero attached hydrogens (tertiary/aromatic N) is 1. The Hall–Kier alpha value is -2.25. The fourth-order valence-electron chi connectivity index (χ4n) is 2.24. The van der Waals surface area contributed by atoms with Gasteiger partial charge in [-0.2, -0.15) is 0 Å². The number of anilines is 1. The summed E-state index contributed by atoms with van der Waals surface area (Å²) < 4.78 is 27.2. The number of amides is 1. The van der Waals surface area contributed by atoms with Gasteiger partial charge in [-0.05, 0) is 56.0 Å². The van der Waals surface area contributed by atoms with Gasteiger partial charge >= 0.3 is 0 Å². The fourth-order valence-corrected chi connectivity index (χ4v) is 3.40. The van der Waals surface area contributed by atoms with Gasteiger partial charge in [-0.15, -0.1) is 0 Å². The highest BCUT2D eigenvalue weighted by atomic mass is 32.2. The highest BCUT2D eigenvalue weighted by molar-refractivity contribution is 7.89. The zero-order valence-corrected chi connectivity index (χ0v) is 14.1. The van der Waals surface area contributed by atoms with Crippen molar-refractivity contribution in [3.05, 3.63) is 53.7 Å². The Morgan fingerprint density at radius 1 is 1.21 bits per heavy atom. The van der Waals surface area contributed by atoms with E-state index in [0.717, 1.165) is 18.5 Å². The van der Waals surface area contributed by atoms with E-state index in [1.54, 1.807) is 24.3 Å². The van der Waals surface area contributed by atoms with E-state index in [9.17, 15) is 13.2 Å². The molecular formula is C17H19N3O3S. The summed E-state index contributed by atoms with van der Waals surface area (Å²) in [6.07, 6.45) is 2.13. The first-order valence-electron chi connectivity index (χ1n) is 7.79. The van der Waals surface area contributed by atoms with Crippen molar-refractivity contribution in [2.24, 2.45) is 5.92 Å². The minimum Gasteiger partial charge on any atom is -0.307 e. The number of sulfonamides is 1. The summed E-state index contributed by atoms with van der Waals surface area (Å²) in [5.74, 6) is 0.478. The number of rotatable bonds is 6. The quantitative estimate of drug-likeness (QED) is 0.841. The normalized spacial score (nSPS) is 14.4. The summed E-state index contributed by atoms with van der Waals surface area (Å²) in [6, 6.07) is 11.3. The molecule has 0 saturated heterocycles. The predicted molar refractivity (Wildman–Crippen MR) is 91.3 cm³/mol. The van der Waals surface area contributed by atoms with Gasteiger partial charge in [-0.3, -0.25) is 4.79 Å². The minimum absolute atomic E-state index is 0.0907. The van der Waals surface area contributed by atoms with E-state index >= 15 is 0 Å². The van der Waals surface area contributed by atoms with E-state index < -0.39 is 15.9 Å². The molecule has 2 aromatic rings. The van der Waals surface area contributed by atoms with Gasteiger partial charge in [0, 0.05) is 17.8 Å². The van der Waals surface area contributed by atoms with Crippen LogP contribution in [0, 0.1) is 12.8 Å². The third-order valence-electron chi connectivity index (χ3n) is 3.80. The Bertz CT molecular complexity index is 861. The molecule has 1 aliphatic rings. The van der Waals surface area contributed by atoms with Gasteiger partial charge < -0.3 is 5.32 Å². The van der Waals surface area contributed by atoms with Crippen molar-refractivity contribution in [1.82, 2.24) is 9.71 Å². The zero-order chi connectivity index (χ0) is 17.2. The van der Waals surface area contributed by atoms with Crippen LogP contribution in [-0.4, -0.2) is 25.9 Å². The van der Waals surface area contributed by atoms with Crippen LogP contribution >= 0.6 is 0 Å². The molecule has 0 spiro atoms. The molecule has 0 bridgehead atoms. The zero-order valence-electron chi connectivity index (χ0n) is 13.3. The lowest BCUT2D eigenvalue weighted by Gasteiger charge is -2.09. The van der Waals surface area contributed by atoms with Crippen LogP contribution < -0.4 is 10.0 Å². The smallest absolute Gasteiger partial charge is 0.256 e. The summed E-state index contributed by atoms with van der Waals surface area (Å²) in [5.41, 5.74) is 1.06. The molecule has 0 atom stereocenters. The lowest BCUT2D eigenvalue weighted by molar-refractivity contribution is 0.102. The molecule has 6 nitrogen and oxygen atoms in total. The van der Waals surface area contributed by atoms with Crippen LogP contribution in [0.25, 0.3) is 0 Å². The van der Waals surface area contributed by atoms with Crippen LogP contribution in [0.15, 0.2) is 47.4 Å². The summed E-state index contributed by atoms with van der Waals surface area (Å²) in [6.45, 7) is 2.28. The molecule has 0 unspecified atom stereocenters. The van der Waals surface area contributed by atoms with E-state index in [1.165, 1.54) is 12.1 Å². The highest BCUT2D eigenvalue weighted by Gasteiger charge is 2.24. The maximum atomic E-state index is 12.3. The average molecular weight is 345 g/mol. The van der Waals surface area contributed by atoms with E-state index in [1.807, 2.05) is 13.0 Å². The Labute approximate surface area is 141 Å². The SMILES string of the molecule is Cc1cccc(NC(=O)c2cccc(S(=O)(=O)NCC3CC3)c2)n1. The summed E-state index contributed by atoms with van der Waals surface area (Å²) in [7, 11) is -3.60. The third kappa shape index (κ3) is 4.18. The van der Waals surface area contributed by atoms with Crippen LogP contribution in [0.5, 0.6) is 0 Å². The maximum Gasteiger partial charge on any atom is 0.256 e. The molecule has 7 heteroatoms. The van der Waals surface area contributed by atoms with Crippen molar-refractivity contribution < 1.29 is 13.2 Å². The Kier molecular flexibility index (Phi) is 4.64. The van der Waals surface area contributed by atoms with Crippen molar-refractivity contribution in [2.45, 2.75) is 24.7 Å². The van der Waals surface area contributed by atoms with Crippen LogP contribution in [-0.2, 0) is 10.0 Å². The van der Waals surface area contributed by atoms with Crippen LogP contribution in [0.4, 0.5) is 5.82 Å². The molecule has 1 heterocycles. The lowest BCUT2D eigenvalue weighted by Crippen LogP contribution is -2.26. The Morgan fingerprint density at radius 3 is 2.67 bits per heavy atom. The number of nitrogens with one attached hydrogen (secondary N) is 2. The fraction of sp³-hybridized carbons (Fsp3) is 0.294. The predicted octanol–water partition coefficient (Wildman–Crippen LogP) is 2.33. The molecule has 0 aliphatic heterocycles. The molecule has 1 aliphatic carbocycles. The van der Waals surface area contributed by atoms with Gasteiger partial charge in [0.05, 0.1) is 4.90 Å². The molecule has 1 aromatic heterocycles. The van der Waals surface area contributed by atoms with E-state index in [2.05, 4.69) is 15.0 Å². The number of carbonyl (C=O) groups excluding carboxylic acids is 1. The van der Waals surface area contributed by atoms with Gasteiger partial charge in [0.2, 0.25) is 10.0 Å². The first-order valence-corrected chi connectivity index (χ1v) is 9.27. The number of hydrogen-bond acceptors (Lipinski definition) is 4. The number of carbonyl (C=O) groups is 1. The van der Waals surface area contributed by atoms with E-state index in [0.29, 0.717) is 18.3 Å². The maximum absolute atomic E-state index is 12.3. The second-order valence-electron chi connectivity index (χ2n) is 5.94. The molecule has 2 N–H and O–H groups in total. The molecule has 1 saturated carbocycles. The first kappa shape index (κ1) is 16.6. The lowest BCUT2D eigenvalue weighted by atomic mass is 10.2. The standard InChI is InChI=1S/C17H19N3O3S/c1-12-4-2-7-16(19-12)20-17(21)14-5-3-6-15(10-14)24(22,23)18-11-13-8-9-13/h2-7,10,13,18H,8-9,11H2,1H3,(H,19,20,21). The topological polar surface area (TPSA) is 88.2 Å². The highest BCUT2D eigenvalue weighted by Crippen LogP contribution is 2.28. The van der Waals surface area contributed by atoms with Gasteiger partial charge in [-0.1, -0.05) is 12.1 Å². The number of hydrogen-bond donors (Lipinski definition) is 2.